The second kappa shape index (κ2) is 6.76. The number of hydrogen-bond donors (Lipinski definition) is 2. The minimum Gasteiger partial charge on any atom is -0.388 e. The molecule has 1 aromatic carbocycles. The summed E-state index contributed by atoms with van der Waals surface area (Å²) in [5.41, 5.74) is 1.93. The van der Waals surface area contributed by atoms with E-state index >= 15 is 0 Å². The van der Waals surface area contributed by atoms with Crippen LogP contribution in [0.3, 0.4) is 0 Å². The first-order chi connectivity index (χ1) is 9.13. The molecule has 1 fully saturated rings. The van der Waals surface area contributed by atoms with Crippen LogP contribution in [0, 0.1) is 0 Å². The van der Waals surface area contributed by atoms with Gasteiger partial charge in [-0.05, 0) is 43.0 Å². The highest BCUT2D eigenvalue weighted by atomic mass is 79.9. The van der Waals surface area contributed by atoms with Gasteiger partial charge in [-0.3, -0.25) is 0 Å². The Morgan fingerprint density at radius 3 is 2.53 bits per heavy atom. The van der Waals surface area contributed by atoms with Crippen molar-refractivity contribution in [1.82, 2.24) is 0 Å². The fourth-order valence-electron chi connectivity index (χ4n) is 2.85. The summed E-state index contributed by atoms with van der Waals surface area (Å²) in [6, 6.07) is 6.31. The molecule has 2 nitrogen and oxygen atoms in total. The number of anilines is 1. The van der Waals surface area contributed by atoms with Crippen LogP contribution >= 0.6 is 15.9 Å². The van der Waals surface area contributed by atoms with Crippen LogP contribution in [0.2, 0.25) is 0 Å². The van der Waals surface area contributed by atoms with Crippen LogP contribution in [0.5, 0.6) is 0 Å². The molecule has 0 radical (unpaired) electrons. The number of aryl methyl sites for hydroxylation is 1. The fraction of sp³-hybridized carbons (Fsp3) is 0.625. The third-order valence-electron chi connectivity index (χ3n) is 4.09. The standard InChI is InChI=1S/C16H24BrNO/c1-2-13-11-14(17)7-8-15(13)18-12-16(19)9-5-3-4-6-10-16/h7-8,11,18-19H,2-6,9-10,12H2,1H3. The van der Waals surface area contributed by atoms with Crippen molar-refractivity contribution < 1.29 is 5.11 Å². The Kier molecular flexibility index (Phi) is 5.28. The van der Waals surface area contributed by atoms with E-state index in [1.807, 2.05) is 0 Å². The zero-order valence-electron chi connectivity index (χ0n) is 11.7. The summed E-state index contributed by atoms with van der Waals surface area (Å²) in [6.07, 6.45) is 7.69. The Hall–Kier alpha value is -0.540. The summed E-state index contributed by atoms with van der Waals surface area (Å²) < 4.78 is 1.11. The molecule has 0 saturated heterocycles. The number of aliphatic hydroxyl groups is 1. The molecule has 1 aliphatic rings. The van der Waals surface area contributed by atoms with Gasteiger partial charge in [-0.15, -0.1) is 0 Å². The second-order valence-electron chi connectivity index (χ2n) is 5.65. The number of rotatable bonds is 4. The van der Waals surface area contributed by atoms with Crippen molar-refractivity contribution in [3.63, 3.8) is 0 Å². The molecule has 0 aliphatic heterocycles. The minimum atomic E-state index is -0.519. The van der Waals surface area contributed by atoms with E-state index < -0.39 is 5.60 Å². The van der Waals surface area contributed by atoms with Gasteiger partial charge in [-0.1, -0.05) is 48.5 Å². The van der Waals surface area contributed by atoms with Gasteiger partial charge in [0.2, 0.25) is 0 Å². The maximum absolute atomic E-state index is 10.7. The molecule has 1 aliphatic carbocycles. The smallest absolute Gasteiger partial charge is 0.0819 e. The number of hydrogen-bond acceptors (Lipinski definition) is 2. The molecule has 106 valence electrons. The SMILES string of the molecule is CCc1cc(Br)ccc1NCC1(O)CCCCCC1. The van der Waals surface area contributed by atoms with E-state index in [1.165, 1.54) is 18.4 Å². The molecule has 0 aromatic heterocycles. The van der Waals surface area contributed by atoms with Crippen molar-refractivity contribution >= 4 is 21.6 Å². The van der Waals surface area contributed by atoms with E-state index in [-0.39, 0.29) is 0 Å². The van der Waals surface area contributed by atoms with Crippen molar-refractivity contribution in [2.45, 2.75) is 57.5 Å². The topological polar surface area (TPSA) is 32.3 Å². The molecule has 0 heterocycles. The molecule has 2 rings (SSSR count). The third-order valence-corrected chi connectivity index (χ3v) is 4.58. The zero-order valence-corrected chi connectivity index (χ0v) is 13.3. The summed E-state index contributed by atoms with van der Waals surface area (Å²) in [6.45, 7) is 2.83. The number of nitrogens with one attached hydrogen (secondary N) is 1. The molecule has 0 amide bonds. The van der Waals surface area contributed by atoms with Gasteiger partial charge in [-0.25, -0.2) is 0 Å². The van der Waals surface area contributed by atoms with Crippen LogP contribution in [0.15, 0.2) is 22.7 Å². The fourth-order valence-corrected chi connectivity index (χ4v) is 3.26. The summed E-state index contributed by atoms with van der Waals surface area (Å²) in [7, 11) is 0. The Labute approximate surface area is 124 Å². The molecule has 1 aromatic rings. The Morgan fingerprint density at radius 2 is 1.89 bits per heavy atom. The lowest BCUT2D eigenvalue weighted by Gasteiger charge is -2.28. The number of halogens is 1. The van der Waals surface area contributed by atoms with Crippen molar-refractivity contribution in [2.75, 3.05) is 11.9 Å². The van der Waals surface area contributed by atoms with E-state index in [0.29, 0.717) is 6.54 Å². The van der Waals surface area contributed by atoms with Gasteiger partial charge in [-0.2, -0.15) is 0 Å². The highest BCUT2D eigenvalue weighted by molar-refractivity contribution is 9.10. The molecule has 2 N–H and O–H groups in total. The van der Waals surface area contributed by atoms with Gasteiger partial charge in [0.05, 0.1) is 5.60 Å². The quantitative estimate of drug-likeness (QED) is 0.798. The van der Waals surface area contributed by atoms with Crippen LogP contribution in [0.1, 0.15) is 51.0 Å². The predicted molar refractivity (Wildman–Crippen MR) is 84.7 cm³/mol. The van der Waals surface area contributed by atoms with Gasteiger partial charge in [0.25, 0.3) is 0 Å². The third kappa shape index (κ3) is 4.22. The normalized spacial score (nSPS) is 18.9. The Bertz CT molecular complexity index is 411. The summed E-state index contributed by atoms with van der Waals surface area (Å²) in [5, 5.41) is 14.1. The van der Waals surface area contributed by atoms with Gasteiger partial charge in [0, 0.05) is 16.7 Å². The highest BCUT2D eigenvalue weighted by Crippen LogP contribution is 2.28. The maximum atomic E-state index is 10.7. The first-order valence-corrected chi connectivity index (χ1v) is 8.17. The molecule has 19 heavy (non-hydrogen) atoms. The summed E-state index contributed by atoms with van der Waals surface area (Å²) in [4.78, 5) is 0. The van der Waals surface area contributed by atoms with Gasteiger partial charge < -0.3 is 10.4 Å². The van der Waals surface area contributed by atoms with E-state index in [2.05, 4.69) is 46.4 Å². The Balaban J connectivity index is 2.01. The lowest BCUT2D eigenvalue weighted by Crippen LogP contribution is -2.36. The minimum absolute atomic E-state index is 0.519. The van der Waals surface area contributed by atoms with Gasteiger partial charge >= 0.3 is 0 Å². The van der Waals surface area contributed by atoms with E-state index in [1.54, 1.807) is 0 Å². The van der Waals surface area contributed by atoms with Crippen LogP contribution in [0.25, 0.3) is 0 Å². The molecule has 0 atom stereocenters. The molecule has 3 heteroatoms. The molecule has 0 bridgehead atoms. The van der Waals surface area contributed by atoms with Crippen LogP contribution < -0.4 is 5.32 Å². The molecular weight excluding hydrogens is 302 g/mol. The van der Waals surface area contributed by atoms with Crippen LogP contribution in [0.4, 0.5) is 5.69 Å². The van der Waals surface area contributed by atoms with Crippen molar-refractivity contribution in [2.24, 2.45) is 0 Å². The lowest BCUT2D eigenvalue weighted by molar-refractivity contribution is 0.0381. The average Bonchev–Trinajstić information content (AvgIpc) is 2.62. The first kappa shape index (κ1) is 14.9. The summed E-state index contributed by atoms with van der Waals surface area (Å²) >= 11 is 3.51. The van der Waals surface area contributed by atoms with Crippen molar-refractivity contribution in [3.8, 4) is 0 Å². The molecule has 1 saturated carbocycles. The van der Waals surface area contributed by atoms with Crippen LogP contribution in [-0.2, 0) is 6.42 Å². The van der Waals surface area contributed by atoms with Crippen molar-refractivity contribution in [1.29, 1.82) is 0 Å². The zero-order chi connectivity index (χ0) is 13.7. The second-order valence-corrected chi connectivity index (χ2v) is 6.56. The molecular formula is C16H24BrNO. The van der Waals surface area contributed by atoms with Gasteiger partial charge in [0.15, 0.2) is 0 Å². The monoisotopic (exact) mass is 325 g/mol. The maximum Gasteiger partial charge on any atom is 0.0819 e. The Morgan fingerprint density at radius 1 is 1.21 bits per heavy atom. The largest absolute Gasteiger partial charge is 0.388 e. The van der Waals surface area contributed by atoms with E-state index in [0.717, 1.165) is 42.3 Å². The molecule has 0 unspecified atom stereocenters. The van der Waals surface area contributed by atoms with Gasteiger partial charge in [0.1, 0.15) is 0 Å². The average molecular weight is 326 g/mol. The highest BCUT2D eigenvalue weighted by Gasteiger charge is 2.27. The van der Waals surface area contributed by atoms with E-state index in [4.69, 9.17) is 0 Å². The van der Waals surface area contributed by atoms with Crippen molar-refractivity contribution in [3.05, 3.63) is 28.2 Å². The van der Waals surface area contributed by atoms with Crippen LogP contribution in [-0.4, -0.2) is 17.3 Å². The predicted octanol–water partition coefficient (Wildman–Crippen LogP) is 4.51. The summed E-state index contributed by atoms with van der Waals surface area (Å²) in [5.74, 6) is 0. The molecule has 0 spiro atoms. The first-order valence-electron chi connectivity index (χ1n) is 7.38. The number of benzene rings is 1. The van der Waals surface area contributed by atoms with E-state index in [9.17, 15) is 5.11 Å². The lowest BCUT2D eigenvalue weighted by atomic mass is 9.94.